The fourth-order valence-corrected chi connectivity index (χ4v) is 1.55. The van der Waals surface area contributed by atoms with E-state index in [9.17, 15) is 5.11 Å². The number of benzene rings is 1. The van der Waals surface area contributed by atoms with Crippen LogP contribution in [0.1, 0.15) is 18.0 Å². The van der Waals surface area contributed by atoms with Crippen LogP contribution in [0.4, 0.5) is 0 Å². The Morgan fingerprint density at radius 3 is 2.69 bits per heavy atom. The largest absolute Gasteiger partial charge is 0.506 e. The summed E-state index contributed by atoms with van der Waals surface area (Å²) in [5.41, 5.74) is 0.911. The van der Waals surface area contributed by atoms with Crippen LogP contribution in [0, 0.1) is 0 Å². The Morgan fingerprint density at radius 1 is 1.46 bits per heavy atom. The van der Waals surface area contributed by atoms with Gasteiger partial charge in [0.1, 0.15) is 5.75 Å². The molecule has 1 fully saturated rings. The van der Waals surface area contributed by atoms with Gasteiger partial charge < -0.3 is 10.4 Å². The molecule has 0 amide bonds. The number of phenols is 1. The van der Waals surface area contributed by atoms with Gasteiger partial charge in [0.2, 0.25) is 0 Å². The number of halogens is 2. The first kappa shape index (κ1) is 10.6. The van der Waals surface area contributed by atoms with Crippen LogP contribution in [0.3, 0.4) is 0 Å². The average Bonchev–Trinajstić information content (AvgIpc) is 1.95. The summed E-state index contributed by atoms with van der Waals surface area (Å²) in [7, 11) is 0. The lowest BCUT2D eigenvalue weighted by atomic mass is 9.97. The SMILES string of the molecule is Cl.Oc1c(Cl)cccc1[C@@H]1CCN1. The molecule has 0 radical (unpaired) electrons. The third-order valence-electron chi connectivity index (χ3n) is 2.22. The highest BCUT2D eigenvalue weighted by atomic mass is 35.5. The van der Waals surface area contributed by atoms with E-state index in [1.807, 2.05) is 12.1 Å². The molecule has 0 spiro atoms. The Labute approximate surface area is 88.3 Å². The minimum Gasteiger partial charge on any atom is -0.506 e. The molecule has 13 heavy (non-hydrogen) atoms. The molecule has 0 bridgehead atoms. The number of nitrogens with one attached hydrogen (secondary N) is 1. The highest BCUT2D eigenvalue weighted by Gasteiger charge is 2.21. The molecule has 1 aromatic rings. The second-order valence-electron chi connectivity index (χ2n) is 2.97. The zero-order chi connectivity index (χ0) is 8.55. The molecule has 2 nitrogen and oxygen atoms in total. The van der Waals surface area contributed by atoms with Crippen molar-refractivity contribution in [2.24, 2.45) is 0 Å². The van der Waals surface area contributed by atoms with E-state index < -0.39 is 0 Å². The predicted molar refractivity (Wildman–Crippen MR) is 55.7 cm³/mol. The van der Waals surface area contributed by atoms with Crippen LogP contribution >= 0.6 is 24.0 Å². The van der Waals surface area contributed by atoms with E-state index >= 15 is 0 Å². The van der Waals surface area contributed by atoms with Gasteiger partial charge in [0.15, 0.2) is 0 Å². The highest BCUT2D eigenvalue weighted by Crippen LogP contribution is 2.34. The molecule has 0 unspecified atom stereocenters. The molecule has 1 heterocycles. The van der Waals surface area contributed by atoms with E-state index in [1.165, 1.54) is 0 Å². The minimum absolute atomic E-state index is 0. The van der Waals surface area contributed by atoms with Gasteiger partial charge in [-0.15, -0.1) is 12.4 Å². The summed E-state index contributed by atoms with van der Waals surface area (Å²) in [4.78, 5) is 0. The van der Waals surface area contributed by atoms with E-state index in [4.69, 9.17) is 11.6 Å². The molecule has 72 valence electrons. The summed E-state index contributed by atoms with van der Waals surface area (Å²) < 4.78 is 0. The summed E-state index contributed by atoms with van der Waals surface area (Å²) in [6.07, 6.45) is 1.08. The Balaban J connectivity index is 0.000000845. The van der Waals surface area contributed by atoms with Crippen molar-refractivity contribution in [3.05, 3.63) is 28.8 Å². The number of phenolic OH excluding ortho intramolecular Hbond substituents is 1. The summed E-state index contributed by atoms with van der Waals surface area (Å²) in [5, 5.41) is 13.2. The first-order chi connectivity index (χ1) is 5.79. The third-order valence-corrected chi connectivity index (χ3v) is 2.52. The Hall–Kier alpha value is -0.440. The second kappa shape index (κ2) is 4.18. The van der Waals surface area contributed by atoms with Crippen molar-refractivity contribution in [3.63, 3.8) is 0 Å². The molecule has 1 aliphatic heterocycles. The maximum atomic E-state index is 9.56. The Kier molecular flexibility index (Phi) is 3.42. The van der Waals surface area contributed by atoms with Crippen LogP contribution < -0.4 is 5.32 Å². The van der Waals surface area contributed by atoms with Gasteiger partial charge >= 0.3 is 0 Å². The second-order valence-corrected chi connectivity index (χ2v) is 3.38. The van der Waals surface area contributed by atoms with E-state index in [0.717, 1.165) is 18.5 Å². The molecular weight excluding hydrogens is 209 g/mol. The fraction of sp³-hybridized carbons (Fsp3) is 0.333. The third kappa shape index (κ3) is 1.90. The number of hydrogen-bond donors (Lipinski definition) is 2. The van der Waals surface area contributed by atoms with Crippen molar-refractivity contribution in [3.8, 4) is 5.75 Å². The normalized spacial score (nSPS) is 20.2. The zero-order valence-electron chi connectivity index (χ0n) is 6.96. The molecule has 1 aromatic carbocycles. The average molecular weight is 220 g/mol. The van der Waals surface area contributed by atoms with Gasteiger partial charge in [-0.2, -0.15) is 0 Å². The van der Waals surface area contributed by atoms with E-state index in [2.05, 4.69) is 5.32 Å². The van der Waals surface area contributed by atoms with Crippen LogP contribution in [0.2, 0.25) is 5.02 Å². The molecule has 2 rings (SSSR count). The molecular formula is C9H11Cl2NO. The zero-order valence-corrected chi connectivity index (χ0v) is 8.53. The Bertz CT molecular complexity index is 300. The molecule has 1 saturated heterocycles. The van der Waals surface area contributed by atoms with Gasteiger partial charge in [-0.1, -0.05) is 23.7 Å². The maximum Gasteiger partial charge on any atom is 0.138 e. The van der Waals surface area contributed by atoms with Crippen molar-refractivity contribution in [2.75, 3.05) is 6.54 Å². The first-order valence-corrected chi connectivity index (χ1v) is 4.37. The fourth-order valence-electron chi connectivity index (χ4n) is 1.37. The van der Waals surface area contributed by atoms with Crippen molar-refractivity contribution < 1.29 is 5.11 Å². The van der Waals surface area contributed by atoms with Gasteiger partial charge in [-0.3, -0.25) is 0 Å². The van der Waals surface area contributed by atoms with Crippen LogP contribution in [0.5, 0.6) is 5.75 Å². The number of para-hydroxylation sites is 1. The lowest BCUT2D eigenvalue weighted by Gasteiger charge is -2.28. The van der Waals surface area contributed by atoms with Gasteiger partial charge in [-0.05, 0) is 19.0 Å². The van der Waals surface area contributed by atoms with E-state index in [0.29, 0.717) is 11.1 Å². The number of aromatic hydroxyl groups is 1. The standard InChI is InChI=1S/C9H10ClNO.ClH/c10-7-3-1-2-6(9(7)12)8-4-5-11-8;/h1-3,8,11-12H,4-5H2;1H/t8-;/m0./s1. The first-order valence-electron chi connectivity index (χ1n) is 4.00. The van der Waals surface area contributed by atoms with Crippen molar-refractivity contribution >= 4 is 24.0 Å². The lowest BCUT2D eigenvalue weighted by Crippen LogP contribution is -2.34. The van der Waals surface area contributed by atoms with Crippen LogP contribution in [-0.4, -0.2) is 11.7 Å². The number of rotatable bonds is 1. The molecule has 1 aliphatic rings. The van der Waals surface area contributed by atoms with Crippen LogP contribution in [0.15, 0.2) is 18.2 Å². The lowest BCUT2D eigenvalue weighted by molar-refractivity contribution is 0.364. The molecule has 1 atom stereocenters. The van der Waals surface area contributed by atoms with E-state index in [-0.39, 0.29) is 18.2 Å². The summed E-state index contributed by atoms with van der Waals surface area (Å²) in [6, 6.07) is 5.75. The van der Waals surface area contributed by atoms with E-state index in [1.54, 1.807) is 6.07 Å². The van der Waals surface area contributed by atoms with Gasteiger partial charge in [0, 0.05) is 11.6 Å². The van der Waals surface area contributed by atoms with Crippen molar-refractivity contribution in [1.29, 1.82) is 0 Å². The summed E-state index contributed by atoms with van der Waals surface area (Å²) >= 11 is 5.76. The molecule has 0 saturated carbocycles. The van der Waals surface area contributed by atoms with Crippen LogP contribution in [-0.2, 0) is 0 Å². The molecule has 0 aliphatic carbocycles. The predicted octanol–water partition coefficient (Wildman–Crippen LogP) is 2.50. The molecule has 4 heteroatoms. The summed E-state index contributed by atoms with van der Waals surface area (Å²) in [6.45, 7) is 1.02. The van der Waals surface area contributed by atoms with Crippen LogP contribution in [0.25, 0.3) is 0 Å². The monoisotopic (exact) mass is 219 g/mol. The molecule has 2 N–H and O–H groups in total. The van der Waals surface area contributed by atoms with Gasteiger partial charge in [-0.25, -0.2) is 0 Å². The van der Waals surface area contributed by atoms with Gasteiger partial charge in [0.25, 0.3) is 0 Å². The molecule has 0 aromatic heterocycles. The Morgan fingerprint density at radius 2 is 2.15 bits per heavy atom. The van der Waals surface area contributed by atoms with Crippen molar-refractivity contribution in [2.45, 2.75) is 12.5 Å². The quantitative estimate of drug-likeness (QED) is 0.762. The topological polar surface area (TPSA) is 32.3 Å². The maximum absolute atomic E-state index is 9.56. The van der Waals surface area contributed by atoms with Crippen molar-refractivity contribution in [1.82, 2.24) is 5.32 Å². The summed E-state index contributed by atoms with van der Waals surface area (Å²) in [5.74, 6) is 0.219. The number of hydrogen-bond acceptors (Lipinski definition) is 2. The minimum atomic E-state index is 0. The smallest absolute Gasteiger partial charge is 0.138 e. The highest BCUT2D eigenvalue weighted by molar-refractivity contribution is 6.32. The van der Waals surface area contributed by atoms with Gasteiger partial charge in [0.05, 0.1) is 5.02 Å².